The van der Waals surface area contributed by atoms with Gasteiger partial charge in [-0.1, -0.05) is 12.1 Å². The zero-order valence-electron chi connectivity index (χ0n) is 8.85. The van der Waals surface area contributed by atoms with E-state index in [9.17, 15) is 4.79 Å². The first-order chi connectivity index (χ1) is 7.65. The van der Waals surface area contributed by atoms with Crippen molar-refractivity contribution in [2.24, 2.45) is 0 Å². The number of ether oxygens (including phenoxy) is 2. The second-order valence-corrected chi connectivity index (χ2v) is 3.52. The van der Waals surface area contributed by atoms with Crippen molar-refractivity contribution in [2.75, 3.05) is 13.2 Å². The second kappa shape index (κ2) is 6.23. The van der Waals surface area contributed by atoms with Gasteiger partial charge in [-0.05, 0) is 19.1 Å². The predicted octanol–water partition coefficient (Wildman–Crippen LogP) is 2.16. The second-order valence-electron chi connectivity index (χ2n) is 3.00. The maximum atomic E-state index is 10.5. The standard InChI is InChI=1S/C11H13ClO4/c1-2-15-9-5-3-4-6-10(9)16-7-8(12)11(13)14/h3-6,8H,2,7H2,1H3,(H,13,14). The van der Waals surface area contributed by atoms with Crippen LogP contribution in [-0.4, -0.2) is 29.7 Å². The molecule has 1 aromatic rings. The number of para-hydroxylation sites is 2. The Labute approximate surface area is 98.7 Å². The Morgan fingerprint density at radius 3 is 2.44 bits per heavy atom. The first kappa shape index (κ1) is 12.6. The smallest absolute Gasteiger partial charge is 0.325 e. The van der Waals surface area contributed by atoms with Crippen molar-refractivity contribution >= 4 is 17.6 Å². The van der Waals surface area contributed by atoms with Crippen LogP contribution < -0.4 is 9.47 Å². The number of carbonyl (C=O) groups is 1. The van der Waals surface area contributed by atoms with E-state index in [0.717, 1.165) is 0 Å². The van der Waals surface area contributed by atoms with Crippen LogP contribution in [-0.2, 0) is 4.79 Å². The molecule has 1 N–H and O–H groups in total. The minimum Gasteiger partial charge on any atom is -0.490 e. The predicted molar refractivity (Wildman–Crippen MR) is 60.4 cm³/mol. The lowest BCUT2D eigenvalue weighted by Crippen LogP contribution is -2.21. The molecule has 0 aromatic heterocycles. The summed E-state index contributed by atoms with van der Waals surface area (Å²) >= 11 is 5.53. The van der Waals surface area contributed by atoms with Gasteiger partial charge in [0.25, 0.3) is 0 Å². The van der Waals surface area contributed by atoms with Gasteiger partial charge in [-0.2, -0.15) is 0 Å². The monoisotopic (exact) mass is 244 g/mol. The molecule has 0 aliphatic rings. The molecule has 0 amide bonds. The van der Waals surface area contributed by atoms with Gasteiger partial charge in [0.05, 0.1) is 6.61 Å². The maximum absolute atomic E-state index is 10.5. The van der Waals surface area contributed by atoms with Crippen LogP contribution in [0.3, 0.4) is 0 Å². The van der Waals surface area contributed by atoms with Crippen molar-refractivity contribution in [3.63, 3.8) is 0 Å². The zero-order chi connectivity index (χ0) is 12.0. The molecule has 0 aliphatic heterocycles. The van der Waals surface area contributed by atoms with E-state index >= 15 is 0 Å². The summed E-state index contributed by atoms with van der Waals surface area (Å²) in [6, 6.07) is 7.05. The number of carboxylic acid groups (broad SMARTS) is 1. The van der Waals surface area contributed by atoms with Gasteiger partial charge in [-0.25, -0.2) is 0 Å². The lowest BCUT2D eigenvalue weighted by atomic mass is 10.3. The SMILES string of the molecule is CCOc1ccccc1OCC(Cl)C(=O)O. The lowest BCUT2D eigenvalue weighted by molar-refractivity contribution is -0.137. The van der Waals surface area contributed by atoms with Gasteiger partial charge in [0, 0.05) is 0 Å². The number of benzene rings is 1. The molecule has 0 saturated carbocycles. The highest BCUT2D eigenvalue weighted by Crippen LogP contribution is 2.26. The van der Waals surface area contributed by atoms with Gasteiger partial charge in [0.1, 0.15) is 6.61 Å². The third-order valence-corrected chi connectivity index (χ3v) is 2.11. The Hall–Kier alpha value is -1.42. The zero-order valence-corrected chi connectivity index (χ0v) is 9.61. The first-order valence-electron chi connectivity index (χ1n) is 4.86. The van der Waals surface area contributed by atoms with Gasteiger partial charge >= 0.3 is 5.97 Å². The Morgan fingerprint density at radius 2 is 1.94 bits per heavy atom. The Bertz CT molecular complexity index is 354. The molecular weight excluding hydrogens is 232 g/mol. The van der Waals surface area contributed by atoms with Gasteiger partial charge < -0.3 is 14.6 Å². The quantitative estimate of drug-likeness (QED) is 0.779. The fourth-order valence-corrected chi connectivity index (χ4v) is 1.14. The molecule has 0 fully saturated rings. The summed E-state index contributed by atoms with van der Waals surface area (Å²) in [5.41, 5.74) is 0. The molecule has 1 rings (SSSR count). The molecular formula is C11H13ClO4. The molecule has 16 heavy (non-hydrogen) atoms. The van der Waals surface area contributed by atoms with Crippen LogP contribution >= 0.6 is 11.6 Å². The lowest BCUT2D eigenvalue weighted by Gasteiger charge is -2.12. The summed E-state index contributed by atoms with van der Waals surface area (Å²) in [6.07, 6.45) is 0. The van der Waals surface area contributed by atoms with E-state index in [1.807, 2.05) is 13.0 Å². The summed E-state index contributed by atoms with van der Waals surface area (Å²) in [5, 5.41) is 7.53. The molecule has 0 aliphatic carbocycles. The van der Waals surface area contributed by atoms with Crippen LogP contribution in [0.25, 0.3) is 0 Å². The largest absolute Gasteiger partial charge is 0.490 e. The first-order valence-corrected chi connectivity index (χ1v) is 5.30. The van der Waals surface area contributed by atoms with Gasteiger partial charge in [0.15, 0.2) is 16.9 Å². The van der Waals surface area contributed by atoms with E-state index in [1.54, 1.807) is 18.2 Å². The molecule has 4 nitrogen and oxygen atoms in total. The number of halogens is 1. The summed E-state index contributed by atoms with van der Waals surface area (Å²) in [6.45, 7) is 2.28. The number of rotatable bonds is 6. The molecule has 0 saturated heterocycles. The van der Waals surface area contributed by atoms with E-state index in [2.05, 4.69) is 0 Å². The molecule has 0 spiro atoms. The van der Waals surface area contributed by atoms with Crippen LogP contribution in [0.4, 0.5) is 0 Å². The molecule has 1 atom stereocenters. The Balaban J connectivity index is 2.62. The molecule has 0 heterocycles. The van der Waals surface area contributed by atoms with Crippen LogP contribution in [0.2, 0.25) is 0 Å². The molecule has 1 unspecified atom stereocenters. The third-order valence-electron chi connectivity index (χ3n) is 1.80. The minimum absolute atomic E-state index is 0.0963. The topological polar surface area (TPSA) is 55.8 Å². The summed E-state index contributed by atoms with van der Waals surface area (Å²) < 4.78 is 10.6. The Kier molecular flexibility index (Phi) is 4.92. The number of hydrogen-bond donors (Lipinski definition) is 1. The number of alkyl halides is 1. The summed E-state index contributed by atoms with van der Waals surface area (Å²) in [4.78, 5) is 10.5. The van der Waals surface area contributed by atoms with E-state index in [1.165, 1.54) is 0 Å². The number of aliphatic carboxylic acids is 1. The van der Waals surface area contributed by atoms with Crippen LogP contribution in [0.15, 0.2) is 24.3 Å². The average Bonchev–Trinajstić information content (AvgIpc) is 2.27. The van der Waals surface area contributed by atoms with Crippen molar-refractivity contribution in [1.82, 2.24) is 0 Å². The van der Waals surface area contributed by atoms with E-state index in [-0.39, 0.29) is 6.61 Å². The molecule has 0 bridgehead atoms. The van der Waals surface area contributed by atoms with Crippen molar-refractivity contribution in [3.05, 3.63) is 24.3 Å². The Morgan fingerprint density at radius 1 is 1.38 bits per heavy atom. The van der Waals surface area contributed by atoms with Gasteiger partial charge in [0.2, 0.25) is 0 Å². The molecule has 0 radical (unpaired) electrons. The number of carboxylic acids is 1. The van der Waals surface area contributed by atoms with Crippen molar-refractivity contribution in [2.45, 2.75) is 12.3 Å². The van der Waals surface area contributed by atoms with Crippen molar-refractivity contribution in [3.8, 4) is 11.5 Å². The molecule has 1 aromatic carbocycles. The highest BCUT2D eigenvalue weighted by Gasteiger charge is 2.15. The highest BCUT2D eigenvalue weighted by atomic mass is 35.5. The van der Waals surface area contributed by atoms with Crippen molar-refractivity contribution in [1.29, 1.82) is 0 Å². The fraction of sp³-hybridized carbons (Fsp3) is 0.364. The van der Waals surface area contributed by atoms with E-state index in [4.69, 9.17) is 26.2 Å². The van der Waals surface area contributed by atoms with Crippen LogP contribution in [0, 0.1) is 0 Å². The van der Waals surface area contributed by atoms with Gasteiger partial charge in [-0.15, -0.1) is 11.6 Å². The van der Waals surface area contributed by atoms with Crippen molar-refractivity contribution < 1.29 is 19.4 Å². The minimum atomic E-state index is -1.10. The normalized spacial score (nSPS) is 11.9. The molecule has 5 heteroatoms. The maximum Gasteiger partial charge on any atom is 0.325 e. The fourth-order valence-electron chi connectivity index (χ4n) is 1.08. The summed E-state index contributed by atoms with van der Waals surface area (Å²) in [5.74, 6) is -0.0222. The summed E-state index contributed by atoms with van der Waals surface area (Å²) in [7, 11) is 0. The van der Waals surface area contributed by atoms with E-state index < -0.39 is 11.3 Å². The van der Waals surface area contributed by atoms with Gasteiger partial charge in [-0.3, -0.25) is 4.79 Å². The highest BCUT2D eigenvalue weighted by molar-refractivity contribution is 6.29. The average molecular weight is 245 g/mol. The van der Waals surface area contributed by atoms with Crippen LogP contribution in [0.5, 0.6) is 11.5 Å². The third kappa shape index (κ3) is 3.62. The molecule has 88 valence electrons. The van der Waals surface area contributed by atoms with E-state index in [0.29, 0.717) is 18.1 Å². The van der Waals surface area contributed by atoms with Crippen LogP contribution in [0.1, 0.15) is 6.92 Å². The number of hydrogen-bond acceptors (Lipinski definition) is 3.